The number of ketones is 1. The maximum absolute atomic E-state index is 13.0. The molecule has 176 valence electrons. The fourth-order valence-corrected chi connectivity index (χ4v) is 4.01. The van der Waals surface area contributed by atoms with Gasteiger partial charge in [0, 0.05) is 30.8 Å². The molecule has 1 unspecified atom stereocenters. The number of aliphatic hydroxyl groups is 1. The lowest BCUT2D eigenvalue weighted by atomic mass is 9.95. The first-order chi connectivity index (χ1) is 16.0. The van der Waals surface area contributed by atoms with Crippen LogP contribution in [-0.2, 0) is 14.3 Å². The number of methoxy groups -OCH3 is 1. The summed E-state index contributed by atoms with van der Waals surface area (Å²) in [6.07, 6.45) is 3.77. The summed E-state index contributed by atoms with van der Waals surface area (Å²) in [6.45, 7) is 3.54. The van der Waals surface area contributed by atoms with Crippen LogP contribution in [0.2, 0.25) is 5.02 Å². The van der Waals surface area contributed by atoms with Crippen LogP contribution in [0, 0.1) is 0 Å². The van der Waals surface area contributed by atoms with Crippen LogP contribution in [0.15, 0.2) is 54.1 Å². The second-order valence-corrected chi connectivity index (χ2v) is 8.41. The molecule has 6 nitrogen and oxygen atoms in total. The molecule has 2 aromatic carbocycles. The number of carbonyl (C=O) groups is 2. The van der Waals surface area contributed by atoms with E-state index >= 15 is 0 Å². The van der Waals surface area contributed by atoms with E-state index in [1.165, 1.54) is 4.90 Å². The van der Waals surface area contributed by atoms with Gasteiger partial charge in [-0.05, 0) is 54.8 Å². The first-order valence-corrected chi connectivity index (χ1v) is 11.6. The number of hydrogen-bond acceptors (Lipinski definition) is 5. The third-order valence-corrected chi connectivity index (χ3v) is 5.87. The van der Waals surface area contributed by atoms with Crippen molar-refractivity contribution in [2.75, 3.05) is 26.9 Å². The first-order valence-electron chi connectivity index (χ1n) is 11.2. The predicted octanol–water partition coefficient (Wildman–Crippen LogP) is 5.37. The topological polar surface area (TPSA) is 76.1 Å². The average molecular weight is 472 g/mol. The number of carbonyl (C=O) groups excluding carboxylic acids is 2. The van der Waals surface area contributed by atoms with E-state index in [9.17, 15) is 14.7 Å². The zero-order valence-electron chi connectivity index (χ0n) is 19.1. The molecule has 0 bridgehead atoms. The van der Waals surface area contributed by atoms with Crippen LogP contribution in [0.3, 0.4) is 0 Å². The highest BCUT2D eigenvalue weighted by molar-refractivity contribution is 6.46. The maximum atomic E-state index is 13.0. The molecule has 1 amide bonds. The molecule has 2 aromatic rings. The molecule has 1 fully saturated rings. The molecule has 1 N–H and O–H groups in total. The van der Waals surface area contributed by atoms with Crippen molar-refractivity contribution in [1.29, 1.82) is 0 Å². The van der Waals surface area contributed by atoms with Gasteiger partial charge in [-0.1, -0.05) is 43.5 Å². The third-order valence-electron chi connectivity index (χ3n) is 5.62. The Bertz CT molecular complexity index is 985. The summed E-state index contributed by atoms with van der Waals surface area (Å²) in [5.41, 5.74) is 1.22. The second kappa shape index (κ2) is 11.9. The van der Waals surface area contributed by atoms with Gasteiger partial charge in [-0.25, -0.2) is 0 Å². The number of hydrogen-bond donors (Lipinski definition) is 1. The third kappa shape index (κ3) is 5.95. The van der Waals surface area contributed by atoms with Crippen molar-refractivity contribution in [3.8, 4) is 5.75 Å². The number of likely N-dealkylation sites (tertiary alicyclic amines) is 1. The molecule has 1 saturated heterocycles. The molecule has 0 radical (unpaired) electrons. The minimum atomic E-state index is -0.705. The number of aliphatic hydroxyl groups excluding tert-OH is 1. The van der Waals surface area contributed by atoms with Crippen molar-refractivity contribution < 1.29 is 24.2 Å². The van der Waals surface area contributed by atoms with Gasteiger partial charge in [0.15, 0.2) is 0 Å². The van der Waals surface area contributed by atoms with E-state index in [-0.39, 0.29) is 11.3 Å². The molecule has 0 aromatic heterocycles. The smallest absolute Gasteiger partial charge is 0.295 e. The Morgan fingerprint density at radius 2 is 1.70 bits per heavy atom. The van der Waals surface area contributed by atoms with Crippen molar-refractivity contribution in [3.63, 3.8) is 0 Å². The number of halogens is 1. The van der Waals surface area contributed by atoms with Crippen LogP contribution in [0.1, 0.15) is 49.8 Å². The summed E-state index contributed by atoms with van der Waals surface area (Å²) >= 11 is 6.04. The fourth-order valence-electron chi connectivity index (χ4n) is 3.89. The molecule has 7 heteroatoms. The van der Waals surface area contributed by atoms with Gasteiger partial charge < -0.3 is 19.5 Å². The van der Waals surface area contributed by atoms with E-state index in [0.29, 0.717) is 48.1 Å². The predicted molar refractivity (Wildman–Crippen MR) is 128 cm³/mol. The van der Waals surface area contributed by atoms with Crippen molar-refractivity contribution in [3.05, 3.63) is 70.3 Å². The van der Waals surface area contributed by atoms with Gasteiger partial charge in [0.05, 0.1) is 18.2 Å². The number of benzene rings is 2. The molecular weight excluding hydrogens is 442 g/mol. The fraction of sp³-hybridized carbons (Fsp3) is 0.385. The zero-order chi connectivity index (χ0) is 23.8. The normalized spacial score (nSPS) is 17.5. The monoisotopic (exact) mass is 471 g/mol. The van der Waals surface area contributed by atoms with Gasteiger partial charge >= 0.3 is 0 Å². The lowest BCUT2D eigenvalue weighted by Gasteiger charge is -2.25. The van der Waals surface area contributed by atoms with Crippen molar-refractivity contribution in [2.45, 2.75) is 38.6 Å². The summed E-state index contributed by atoms with van der Waals surface area (Å²) in [5, 5.41) is 11.7. The van der Waals surface area contributed by atoms with Gasteiger partial charge in [-0.15, -0.1) is 0 Å². The number of Topliss-reactive ketones (excluding diaryl/α,β-unsaturated/α-hetero) is 1. The highest BCUT2D eigenvalue weighted by Crippen LogP contribution is 2.39. The van der Waals surface area contributed by atoms with E-state index in [1.807, 2.05) is 0 Å². The molecule has 1 aliphatic rings. The number of rotatable bonds is 11. The number of ether oxygens (including phenoxy) is 2. The first kappa shape index (κ1) is 24.8. The second-order valence-electron chi connectivity index (χ2n) is 7.97. The van der Waals surface area contributed by atoms with Crippen LogP contribution >= 0.6 is 11.6 Å². The Kier molecular flexibility index (Phi) is 8.92. The largest absolute Gasteiger partial charge is 0.507 e. The number of unbranched alkanes of at least 4 members (excludes halogenated alkanes) is 2. The summed E-state index contributed by atoms with van der Waals surface area (Å²) in [7, 11) is 1.59. The van der Waals surface area contributed by atoms with Gasteiger partial charge in [-0.2, -0.15) is 0 Å². The summed E-state index contributed by atoms with van der Waals surface area (Å²) in [6, 6.07) is 13.1. The molecule has 0 spiro atoms. The molecule has 1 aliphatic heterocycles. The SMILES string of the molecule is CCCCCOc1ccc(/C(O)=C2/C(=O)C(=O)N(CCCOC)C2c2ccc(Cl)cc2)cc1. The van der Waals surface area contributed by atoms with Crippen LogP contribution in [0.5, 0.6) is 5.75 Å². The average Bonchev–Trinajstić information content (AvgIpc) is 3.07. The summed E-state index contributed by atoms with van der Waals surface area (Å²) in [4.78, 5) is 27.3. The molecule has 0 saturated carbocycles. The van der Waals surface area contributed by atoms with Gasteiger partial charge in [-0.3, -0.25) is 9.59 Å². The summed E-state index contributed by atoms with van der Waals surface area (Å²) in [5.74, 6) is -0.856. The maximum Gasteiger partial charge on any atom is 0.295 e. The number of nitrogens with zero attached hydrogens (tertiary/aromatic N) is 1. The molecule has 1 heterocycles. The van der Waals surface area contributed by atoms with E-state index in [0.717, 1.165) is 19.3 Å². The minimum Gasteiger partial charge on any atom is -0.507 e. The van der Waals surface area contributed by atoms with E-state index in [4.69, 9.17) is 21.1 Å². The van der Waals surface area contributed by atoms with Gasteiger partial charge in [0.2, 0.25) is 0 Å². The van der Waals surface area contributed by atoms with Crippen molar-refractivity contribution >= 4 is 29.1 Å². The van der Waals surface area contributed by atoms with E-state index < -0.39 is 17.7 Å². The minimum absolute atomic E-state index is 0.0661. The van der Waals surface area contributed by atoms with Crippen LogP contribution in [0.25, 0.3) is 5.76 Å². The van der Waals surface area contributed by atoms with E-state index in [2.05, 4.69) is 6.92 Å². The Labute approximate surface area is 199 Å². The molecule has 0 aliphatic carbocycles. The lowest BCUT2D eigenvalue weighted by molar-refractivity contribution is -0.140. The Morgan fingerprint density at radius 1 is 1.00 bits per heavy atom. The quantitative estimate of drug-likeness (QED) is 0.206. The van der Waals surface area contributed by atoms with E-state index in [1.54, 1.807) is 55.6 Å². The molecule has 33 heavy (non-hydrogen) atoms. The Hall–Kier alpha value is -2.83. The molecule has 3 rings (SSSR count). The van der Waals surface area contributed by atoms with Crippen LogP contribution in [0.4, 0.5) is 0 Å². The van der Waals surface area contributed by atoms with Crippen LogP contribution < -0.4 is 4.74 Å². The number of amides is 1. The van der Waals surface area contributed by atoms with Crippen molar-refractivity contribution in [1.82, 2.24) is 4.90 Å². The Morgan fingerprint density at radius 3 is 2.33 bits per heavy atom. The van der Waals surface area contributed by atoms with Crippen LogP contribution in [-0.4, -0.2) is 48.6 Å². The van der Waals surface area contributed by atoms with Crippen molar-refractivity contribution in [2.24, 2.45) is 0 Å². The van der Waals surface area contributed by atoms with Gasteiger partial charge in [0.25, 0.3) is 11.7 Å². The lowest BCUT2D eigenvalue weighted by Crippen LogP contribution is -2.31. The molecule has 1 atom stereocenters. The standard InChI is InChI=1S/C26H30ClNO5/c1-3-4-5-17-33-21-13-9-19(10-14-21)24(29)22-23(18-7-11-20(27)12-8-18)28(15-6-16-32-2)26(31)25(22)30/h7-14,23,29H,3-6,15-17H2,1-2H3/b24-22-. The summed E-state index contributed by atoms with van der Waals surface area (Å²) < 4.78 is 10.8. The van der Waals surface area contributed by atoms with Gasteiger partial charge in [0.1, 0.15) is 11.5 Å². The highest BCUT2D eigenvalue weighted by atomic mass is 35.5. The highest BCUT2D eigenvalue weighted by Gasteiger charge is 2.45. The Balaban J connectivity index is 1.93. The molecular formula is C26H30ClNO5. The zero-order valence-corrected chi connectivity index (χ0v) is 19.8.